The summed E-state index contributed by atoms with van der Waals surface area (Å²) >= 11 is 6.25. The molecule has 2 heterocycles. The van der Waals surface area contributed by atoms with Gasteiger partial charge >= 0.3 is 28.3 Å². The molecule has 0 radical (unpaired) electrons. The first-order chi connectivity index (χ1) is 14.8. The maximum absolute atomic E-state index is 11.4. The Balaban J connectivity index is 0.000000329. The molecule has 3 rings (SSSR count). The van der Waals surface area contributed by atoms with Crippen molar-refractivity contribution >= 4 is 67.2 Å². The molecule has 0 saturated carbocycles. The Morgan fingerprint density at radius 3 is 2.22 bits per heavy atom. The molecular weight excluding hydrogens is 496 g/mol. The first-order valence-corrected chi connectivity index (χ1v) is 10.4. The van der Waals surface area contributed by atoms with Crippen molar-refractivity contribution in [2.24, 2.45) is 0 Å². The van der Waals surface area contributed by atoms with Gasteiger partial charge in [-0.2, -0.15) is 8.42 Å². The van der Waals surface area contributed by atoms with Gasteiger partial charge in [0.15, 0.2) is 9.99 Å². The van der Waals surface area contributed by atoms with Crippen molar-refractivity contribution in [3.63, 3.8) is 0 Å². The maximum atomic E-state index is 11.4. The maximum Gasteiger partial charge on any atom is 0.394 e. The number of carboxylic acids is 1. The van der Waals surface area contributed by atoms with Gasteiger partial charge in [0, 0.05) is 6.20 Å². The molecule has 0 aliphatic heterocycles. The first kappa shape index (κ1) is 26.8. The second-order valence-corrected chi connectivity index (χ2v) is 7.59. The molecule has 0 saturated heterocycles. The van der Waals surface area contributed by atoms with Crippen LogP contribution in [0.2, 0.25) is 0 Å². The second-order valence-electron chi connectivity index (χ2n) is 5.28. The highest BCUT2D eigenvalue weighted by atomic mass is 35.5. The third-order valence-electron chi connectivity index (χ3n) is 3.23. The number of hydrogen-bond donors (Lipinski definition) is 4. The van der Waals surface area contributed by atoms with E-state index < -0.39 is 28.3 Å². The van der Waals surface area contributed by atoms with E-state index in [9.17, 15) is 14.4 Å². The number of esters is 2. The van der Waals surface area contributed by atoms with Gasteiger partial charge in [0.1, 0.15) is 11.1 Å². The zero-order valence-corrected chi connectivity index (χ0v) is 18.5. The fourth-order valence-corrected chi connectivity index (χ4v) is 2.98. The van der Waals surface area contributed by atoms with E-state index in [1.165, 1.54) is 37.7 Å². The summed E-state index contributed by atoms with van der Waals surface area (Å²) < 4.78 is 42.0. The zero-order valence-electron chi connectivity index (χ0n) is 16.1. The monoisotopic (exact) mass is 510 g/mol. The highest BCUT2D eigenvalue weighted by Crippen LogP contribution is 2.25. The van der Waals surface area contributed by atoms with Gasteiger partial charge in [-0.3, -0.25) is 13.5 Å². The third-order valence-corrected chi connectivity index (χ3v) is 4.45. The molecule has 4 N–H and O–H groups in total. The quantitative estimate of drug-likeness (QED) is 0.173. The number of halogens is 1. The SMILES string of the molecule is COC(=O)C(Cl)=CO.COC(=O)c1cn2c(nc3ccc(C(=O)O)cc32)s1.O=S(=O)(O)O. The number of methoxy groups -OCH3 is 2. The minimum Gasteiger partial charge on any atom is -0.514 e. The fourth-order valence-electron chi connectivity index (χ4n) is 1.99. The number of hydrogen-bond acceptors (Lipinski definition) is 10. The standard InChI is InChI=1S/C12H8N2O4S.C4H5ClO3.H2O4S/c1-18-11(17)9-5-14-8-4-6(10(15)16)2-3-7(8)13-12(14)19-9;1-8-4(7)3(5)2-6;1-5(2,3)4/h2-5H,1H3,(H,15,16);2,6H,1H3;(H2,1,2,3,4). The lowest BCUT2D eigenvalue weighted by Crippen LogP contribution is -1.98. The number of nitrogens with zero attached hydrogens (tertiary/aromatic N) is 2. The van der Waals surface area contributed by atoms with E-state index in [2.05, 4.69) is 14.5 Å². The average molecular weight is 511 g/mol. The number of carboxylic acid groups (broad SMARTS) is 1. The summed E-state index contributed by atoms with van der Waals surface area (Å²) in [5.41, 5.74) is 1.52. The van der Waals surface area contributed by atoms with E-state index >= 15 is 0 Å². The van der Waals surface area contributed by atoms with Crippen LogP contribution in [0.3, 0.4) is 0 Å². The van der Waals surface area contributed by atoms with E-state index in [0.717, 1.165) is 0 Å². The van der Waals surface area contributed by atoms with Crippen LogP contribution in [0.15, 0.2) is 35.7 Å². The number of imidazole rings is 1. The van der Waals surface area contributed by atoms with Gasteiger partial charge in [-0.05, 0) is 18.2 Å². The Kier molecular flexibility index (Phi) is 9.54. The largest absolute Gasteiger partial charge is 0.514 e. The number of carbonyl (C=O) groups excluding carboxylic acids is 2. The Labute approximate surface area is 188 Å². The number of fused-ring (bicyclic) bond motifs is 3. The normalized spacial score (nSPS) is 11.1. The highest BCUT2D eigenvalue weighted by molar-refractivity contribution is 7.79. The Hall–Kier alpha value is -3.24. The number of aliphatic hydroxyl groups excluding tert-OH is 1. The molecule has 16 heteroatoms. The lowest BCUT2D eigenvalue weighted by atomic mass is 10.2. The van der Waals surface area contributed by atoms with E-state index in [1.54, 1.807) is 16.7 Å². The van der Waals surface area contributed by atoms with Crippen molar-refractivity contribution in [3.8, 4) is 0 Å². The lowest BCUT2D eigenvalue weighted by Gasteiger charge is -1.95. The highest BCUT2D eigenvalue weighted by Gasteiger charge is 2.15. The molecule has 3 aromatic rings. The number of rotatable bonds is 3. The predicted octanol–water partition coefficient (Wildman–Crippen LogP) is 2.18. The summed E-state index contributed by atoms with van der Waals surface area (Å²) in [7, 11) is -2.18. The lowest BCUT2D eigenvalue weighted by molar-refractivity contribution is -0.135. The smallest absolute Gasteiger partial charge is 0.394 e. The van der Waals surface area contributed by atoms with E-state index in [0.29, 0.717) is 27.1 Å². The van der Waals surface area contributed by atoms with Crippen LogP contribution in [0.1, 0.15) is 20.0 Å². The van der Waals surface area contributed by atoms with E-state index in [1.807, 2.05) is 0 Å². The van der Waals surface area contributed by atoms with Crippen LogP contribution in [0.5, 0.6) is 0 Å². The molecule has 0 unspecified atom stereocenters. The number of aromatic nitrogens is 2. The molecule has 13 nitrogen and oxygen atoms in total. The topological polar surface area (TPSA) is 202 Å². The predicted molar refractivity (Wildman–Crippen MR) is 112 cm³/mol. The van der Waals surface area contributed by atoms with E-state index in [-0.39, 0.29) is 10.6 Å². The van der Waals surface area contributed by atoms with Gasteiger partial charge in [0.05, 0.1) is 30.8 Å². The number of thiazole rings is 1. The van der Waals surface area contributed by atoms with Crippen LogP contribution in [0.25, 0.3) is 16.0 Å². The van der Waals surface area contributed by atoms with E-state index in [4.69, 9.17) is 39.3 Å². The number of carbonyl (C=O) groups is 3. The van der Waals surface area contributed by atoms with Gasteiger partial charge in [-0.1, -0.05) is 22.9 Å². The van der Waals surface area contributed by atoms with Crippen LogP contribution in [0, 0.1) is 0 Å². The van der Waals surface area contributed by atoms with Crippen molar-refractivity contribution in [1.82, 2.24) is 9.38 Å². The van der Waals surface area contributed by atoms with Crippen LogP contribution in [-0.2, 0) is 24.7 Å². The molecule has 0 aliphatic rings. The summed E-state index contributed by atoms with van der Waals surface area (Å²) in [6.45, 7) is 0. The van der Waals surface area contributed by atoms with Crippen molar-refractivity contribution in [2.45, 2.75) is 0 Å². The van der Waals surface area contributed by atoms with Gasteiger partial charge in [-0.15, -0.1) is 0 Å². The number of aliphatic hydroxyl groups is 1. The molecule has 32 heavy (non-hydrogen) atoms. The van der Waals surface area contributed by atoms with Gasteiger partial charge in [0.25, 0.3) is 0 Å². The summed E-state index contributed by atoms with van der Waals surface area (Å²) in [6, 6.07) is 4.69. The summed E-state index contributed by atoms with van der Waals surface area (Å²) in [4.78, 5) is 37.9. The summed E-state index contributed by atoms with van der Waals surface area (Å²) in [5, 5.41) is 16.7. The minimum absolute atomic E-state index is 0.181. The van der Waals surface area contributed by atoms with Crippen molar-refractivity contribution in [1.29, 1.82) is 0 Å². The third kappa shape index (κ3) is 7.78. The van der Waals surface area contributed by atoms with Crippen LogP contribution < -0.4 is 0 Å². The fraction of sp³-hybridized carbons (Fsp3) is 0.125. The summed E-state index contributed by atoms with van der Waals surface area (Å²) in [6.07, 6.45) is 2.08. The van der Waals surface area contributed by atoms with Crippen LogP contribution in [0.4, 0.5) is 0 Å². The number of benzene rings is 1. The Morgan fingerprint density at radius 2 is 1.78 bits per heavy atom. The van der Waals surface area contributed by atoms with Crippen molar-refractivity contribution in [2.75, 3.05) is 14.2 Å². The molecular formula is C16H15ClN2O11S2. The second kappa shape index (κ2) is 11.4. The average Bonchev–Trinajstić information content (AvgIpc) is 3.28. The molecule has 0 spiro atoms. The van der Waals surface area contributed by atoms with Crippen LogP contribution in [-0.4, -0.2) is 69.2 Å². The Bertz CT molecular complexity index is 1270. The minimum atomic E-state index is -4.67. The molecule has 0 amide bonds. The molecule has 174 valence electrons. The van der Waals surface area contributed by atoms with Gasteiger partial charge in [-0.25, -0.2) is 19.4 Å². The molecule has 0 atom stereocenters. The van der Waals surface area contributed by atoms with Crippen molar-refractivity contribution in [3.05, 3.63) is 46.1 Å². The molecule has 0 bridgehead atoms. The van der Waals surface area contributed by atoms with Crippen molar-refractivity contribution < 1.29 is 51.6 Å². The molecule has 2 aromatic heterocycles. The number of aromatic carboxylic acids is 1. The molecule has 0 fully saturated rings. The Morgan fingerprint density at radius 1 is 1.19 bits per heavy atom. The van der Waals surface area contributed by atoms with Gasteiger partial charge < -0.3 is 19.7 Å². The zero-order chi connectivity index (χ0) is 24.6. The molecule has 1 aromatic carbocycles. The van der Waals surface area contributed by atoms with Crippen LogP contribution >= 0.6 is 22.9 Å². The molecule has 0 aliphatic carbocycles. The van der Waals surface area contributed by atoms with Gasteiger partial charge in [0.2, 0.25) is 0 Å². The number of ether oxygens (including phenoxy) is 2. The summed E-state index contributed by atoms with van der Waals surface area (Å²) in [5.74, 6) is -2.17. The first-order valence-electron chi connectivity index (χ1n) is 7.83.